The Kier molecular flexibility index (Phi) is 4.38. The second kappa shape index (κ2) is 6.02. The zero-order valence-electron chi connectivity index (χ0n) is 11.8. The molecule has 2 atom stereocenters. The van der Waals surface area contributed by atoms with Crippen molar-refractivity contribution >= 4 is 5.97 Å². The van der Waals surface area contributed by atoms with Crippen LogP contribution >= 0.6 is 0 Å². The number of hydrogen-bond acceptors (Lipinski definition) is 3. The van der Waals surface area contributed by atoms with E-state index in [-0.39, 0.29) is 18.1 Å². The molecule has 1 aromatic rings. The molecular weight excluding hydrogens is 238 g/mol. The van der Waals surface area contributed by atoms with E-state index in [9.17, 15) is 4.79 Å². The largest absolute Gasteiger partial charge is 0.468 e. The summed E-state index contributed by atoms with van der Waals surface area (Å²) in [4.78, 5) is 14.2. The second-order valence-corrected chi connectivity index (χ2v) is 5.08. The summed E-state index contributed by atoms with van der Waals surface area (Å²) in [6.45, 7) is 5.00. The highest BCUT2D eigenvalue weighted by molar-refractivity contribution is 5.76. The minimum absolute atomic E-state index is 0.143. The van der Waals surface area contributed by atoms with Crippen LogP contribution in [0, 0.1) is 0 Å². The highest BCUT2D eigenvalue weighted by Gasteiger charge is 2.32. The van der Waals surface area contributed by atoms with E-state index in [0.29, 0.717) is 0 Å². The Labute approximate surface area is 114 Å². The summed E-state index contributed by atoms with van der Waals surface area (Å²) in [6.07, 6.45) is 2.95. The SMILES string of the molecule is COC(=O)[C@H]1CC(C)=CCN1[C@@H](C)c1ccccc1. The lowest BCUT2D eigenvalue weighted by molar-refractivity contribution is -0.148. The lowest BCUT2D eigenvalue weighted by Crippen LogP contribution is -2.45. The molecule has 0 radical (unpaired) electrons. The topological polar surface area (TPSA) is 29.5 Å². The van der Waals surface area contributed by atoms with Crippen LogP contribution in [0.4, 0.5) is 0 Å². The molecule has 1 heterocycles. The predicted octanol–water partition coefficient (Wildman–Crippen LogP) is 2.94. The van der Waals surface area contributed by atoms with Crippen LogP contribution in [-0.2, 0) is 9.53 Å². The van der Waals surface area contributed by atoms with Crippen LogP contribution in [-0.4, -0.2) is 30.6 Å². The zero-order valence-corrected chi connectivity index (χ0v) is 11.8. The number of methoxy groups -OCH3 is 1. The summed E-state index contributed by atoms with van der Waals surface area (Å²) < 4.78 is 4.95. The van der Waals surface area contributed by atoms with Gasteiger partial charge in [0, 0.05) is 12.6 Å². The first-order chi connectivity index (χ1) is 9.13. The Bertz CT molecular complexity index is 467. The Balaban J connectivity index is 2.23. The highest BCUT2D eigenvalue weighted by Crippen LogP contribution is 2.28. The molecule has 0 saturated heterocycles. The number of esters is 1. The number of carbonyl (C=O) groups excluding carboxylic acids is 1. The van der Waals surface area contributed by atoms with E-state index < -0.39 is 0 Å². The van der Waals surface area contributed by atoms with Gasteiger partial charge in [-0.05, 0) is 25.8 Å². The molecule has 3 nitrogen and oxygen atoms in total. The van der Waals surface area contributed by atoms with Gasteiger partial charge in [-0.3, -0.25) is 9.69 Å². The maximum Gasteiger partial charge on any atom is 0.323 e. The Morgan fingerprint density at radius 1 is 1.37 bits per heavy atom. The van der Waals surface area contributed by atoms with Crippen molar-refractivity contribution in [3.05, 3.63) is 47.5 Å². The third-order valence-corrected chi connectivity index (χ3v) is 3.82. The first-order valence-corrected chi connectivity index (χ1v) is 6.67. The Morgan fingerprint density at radius 2 is 2.05 bits per heavy atom. The second-order valence-electron chi connectivity index (χ2n) is 5.08. The fourth-order valence-electron chi connectivity index (χ4n) is 2.60. The van der Waals surface area contributed by atoms with E-state index in [1.807, 2.05) is 18.2 Å². The summed E-state index contributed by atoms with van der Waals surface area (Å²) in [5.41, 5.74) is 2.48. The van der Waals surface area contributed by atoms with E-state index in [1.54, 1.807) is 0 Å². The van der Waals surface area contributed by atoms with Gasteiger partial charge in [-0.15, -0.1) is 0 Å². The van der Waals surface area contributed by atoms with Crippen molar-refractivity contribution in [2.45, 2.75) is 32.4 Å². The van der Waals surface area contributed by atoms with Crippen molar-refractivity contribution in [3.63, 3.8) is 0 Å². The van der Waals surface area contributed by atoms with E-state index in [2.05, 4.69) is 37.0 Å². The monoisotopic (exact) mass is 259 g/mol. The Morgan fingerprint density at radius 3 is 2.68 bits per heavy atom. The maximum absolute atomic E-state index is 12.0. The van der Waals surface area contributed by atoms with Gasteiger partial charge in [0.15, 0.2) is 0 Å². The van der Waals surface area contributed by atoms with Gasteiger partial charge in [0.2, 0.25) is 0 Å². The summed E-state index contributed by atoms with van der Waals surface area (Å²) in [5.74, 6) is -0.143. The molecule has 1 aliphatic rings. The molecule has 0 bridgehead atoms. The van der Waals surface area contributed by atoms with Crippen molar-refractivity contribution in [3.8, 4) is 0 Å². The highest BCUT2D eigenvalue weighted by atomic mass is 16.5. The van der Waals surface area contributed by atoms with Crippen molar-refractivity contribution in [2.75, 3.05) is 13.7 Å². The van der Waals surface area contributed by atoms with Gasteiger partial charge in [0.25, 0.3) is 0 Å². The van der Waals surface area contributed by atoms with Gasteiger partial charge in [-0.2, -0.15) is 0 Å². The van der Waals surface area contributed by atoms with Crippen molar-refractivity contribution < 1.29 is 9.53 Å². The van der Waals surface area contributed by atoms with Crippen LogP contribution < -0.4 is 0 Å². The molecule has 2 rings (SSSR count). The maximum atomic E-state index is 12.0. The number of rotatable bonds is 3. The third kappa shape index (κ3) is 3.04. The molecular formula is C16H21NO2. The summed E-state index contributed by atoms with van der Waals surface area (Å²) in [5, 5.41) is 0. The average Bonchev–Trinajstić information content (AvgIpc) is 2.46. The number of nitrogens with zero attached hydrogens (tertiary/aromatic N) is 1. The van der Waals surface area contributed by atoms with E-state index in [4.69, 9.17) is 4.74 Å². The average molecular weight is 259 g/mol. The first-order valence-electron chi connectivity index (χ1n) is 6.67. The van der Waals surface area contributed by atoms with E-state index >= 15 is 0 Å². The summed E-state index contributed by atoms with van der Waals surface area (Å²) in [7, 11) is 1.46. The first kappa shape index (κ1) is 13.8. The van der Waals surface area contributed by atoms with Crippen molar-refractivity contribution in [2.24, 2.45) is 0 Å². The normalized spacial score (nSPS) is 21.6. The molecule has 0 fully saturated rings. The smallest absolute Gasteiger partial charge is 0.323 e. The Hall–Kier alpha value is -1.61. The molecule has 0 spiro atoms. The van der Waals surface area contributed by atoms with Gasteiger partial charge in [0.1, 0.15) is 6.04 Å². The van der Waals surface area contributed by atoms with Gasteiger partial charge < -0.3 is 4.74 Å². The van der Waals surface area contributed by atoms with Gasteiger partial charge >= 0.3 is 5.97 Å². The molecule has 0 amide bonds. The molecule has 102 valence electrons. The lowest BCUT2D eigenvalue weighted by atomic mass is 9.97. The van der Waals surface area contributed by atoms with Crippen LogP contribution in [0.2, 0.25) is 0 Å². The number of benzene rings is 1. The fourth-order valence-corrected chi connectivity index (χ4v) is 2.60. The van der Waals surface area contributed by atoms with Crippen LogP contribution in [0.25, 0.3) is 0 Å². The predicted molar refractivity (Wildman–Crippen MR) is 75.7 cm³/mol. The van der Waals surface area contributed by atoms with Gasteiger partial charge in [0.05, 0.1) is 7.11 Å². The summed E-state index contributed by atoms with van der Waals surface area (Å²) >= 11 is 0. The lowest BCUT2D eigenvalue weighted by Gasteiger charge is -2.37. The molecule has 0 aliphatic carbocycles. The summed E-state index contributed by atoms with van der Waals surface area (Å²) in [6, 6.07) is 10.3. The van der Waals surface area contributed by atoms with Crippen LogP contribution in [0.5, 0.6) is 0 Å². The zero-order chi connectivity index (χ0) is 13.8. The molecule has 19 heavy (non-hydrogen) atoms. The molecule has 0 N–H and O–H groups in total. The molecule has 1 aromatic carbocycles. The van der Waals surface area contributed by atoms with Crippen molar-refractivity contribution in [1.82, 2.24) is 4.90 Å². The van der Waals surface area contributed by atoms with Crippen LogP contribution in [0.15, 0.2) is 42.0 Å². The number of ether oxygens (including phenoxy) is 1. The van der Waals surface area contributed by atoms with E-state index in [0.717, 1.165) is 13.0 Å². The molecule has 0 aromatic heterocycles. The molecule has 0 unspecified atom stereocenters. The standard InChI is InChI=1S/C16H21NO2/c1-12-9-10-17(15(11-12)16(18)19-3)13(2)14-7-5-4-6-8-14/h4-9,13,15H,10-11H2,1-3H3/t13-,15+/m0/s1. The molecule has 1 aliphatic heterocycles. The fraction of sp³-hybridized carbons (Fsp3) is 0.438. The number of hydrogen-bond donors (Lipinski definition) is 0. The van der Waals surface area contributed by atoms with Crippen LogP contribution in [0.3, 0.4) is 0 Å². The van der Waals surface area contributed by atoms with Gasteiger partial charge in [-0.25, -0.2) is 0 Å². The minimum atomic E-state index is -0.176. The van der Waals surface area contributed by atoms with E-state index in [1.165, 1.54) is 18.2 Å². The molecule has 0 saturated carbocycles. The number of carbonyl (C=O) groups is 1. The minimum Gasteiger partial charge on any atom is -0.468 e. The molecule has 3 heteroatoms. The van der Waals surface area contributed by atoms with Gasteiger partial charge in [-0.1, -0.05) is 42.0 Å². The third-order valence-electron chi connectivity index (χ3n) is 3.82. The van der Waals surface area contributed by atoms with Crippen LogP contribution in [0.1, 0.15) is 31.9 Å². The van der Waals surface area contributed by atoms with Crippen molar-refractivity contribution in [1.29, 1.82) is 0 Å². The quantitative estimate of drug-likeness (QED) is 0.617.